The van der Waals surface area contributed by atoms with Crippen LogP contribution in [-0.2, 0) is 4.79 Å². The number of carbonyl (C=O) groups is 1. The van der Waals surface area contributed by atoms with Gasteiger partial charge in [0.1, 0.15) is 0 Å². The molecule has 0 bridgehead atoms. The fourth-order valence-electron chi connectivity index (χ4n) is 1.38. The van der Waals surface area contributed by atoms with E-state index in [1.807, 2.05) is 27.7 Å². The first-order chi connectivity index (χ1) is 5.31. The van der Waals surface area contributed by atoms with E-state index in [9.17, 15) is 9.90 Å². The Labute approximate surface area is 78.9 Å². The monoisotopic (exact) mass is 192 g/mol. The van der Waals surface area contributed by atoms with Crippen LogP contribution < -0.4 is 0 Å². The predicted octanol–water partition coefficient (Wildman–Crippen LogP) is 2.19. The summed E-state index contributed by atoms with van der Waals surface area (Å²) in [5.74, 6) is 0. The first kappa shape index (κ1) is 11.9. The van der Waals surface area contributed by atoms with Gasteiger partial charge in [-0.2, -0.15) is 0 Å². The number of halogens is 1. The summed E-state index contributed by atoms with van der Waals surface area (Å²) < 4.78 is 0. The van der Waals surface area contributed by atoms with Gasteiger partial charge in [0, 0.05) is 0 Å². The van der Waals surface area contributed by atoms with Gasteiger partial charge in [-0.3, -0.25) is 4.79 Å². The summed E-state index contributed by atoms with van der Waals surface area (Å²) in [5, 5.41) is 8.73. The highest BCUT2D eigenvalue weighted by atomic mass is 35.5. The van der Waals surface area contributed by atoms with Gasteiger partial charge in [0.15, 0.2) is 0 Å². The van der Waals surface area contributed by atoms with Gasteiger partial charge in [0.25, 0.3) is 0 Å². The lowest BCUT2D eigenvalue weighted by molar-refractivity contribution is -0.130. The third-order valence-corrected chi connectivity index (χ3v) is 3.05. The molecule has 12 heavy (non-hydrogen) atoms. The SMILES string of the molecule is CCC(CO)(C(=O)Cl)C(C)(C)C. The van der Waals surface area contributed by atoms with Gasteiger partial charge in [-0.05, 0) is 23.4 Å². The largest absolute Gasteiger partial charge is 0.395 e. The van der Waals surface area contributed by atoms with Gasteiger partial charge >= 0.3 is 0 Å². The van der Waals surface area contributed by atoms with Gasteiger partial charge in [-0.25, -0.2) is 0 Å². The summed E-state index contributed by atoms with van der Waals surface area (Å²) in [6.07, 6.45) is 0.565. The zero-order valence-electron chi connectivity index (χ0n) is 8.15. The first-order valence-corrected chi connectivity index (χ1v) is 4.50. The summed E-state index contributed by atoms with van der Waals surface area (Å²) in [4.78, 5) is 11.2. The van der Waals surface area contributed by atoms with Gasteiger partial charge in [-0.1, -0.05) is 27.7 Å². The lowest BCUT2D eigenvalue weighted by Gasteiger charge is -2.39. The van der Waals surface area contributed by atoms with Crippen molar-refractivity contribution in [2.24, 2.45) is 10.8 Å². The van der Waals surface area contributed by atoms with Crippen LogP contribution in [0.1, 0.15) is 34.1 Å². The van der Waals surface area contributed by atoms with Gasteiger partial charge in [-0.15, -0.1) is 0 Å². The van der Waals surface area contributed by atoms with E-state index in [4.69, 9.17) is 11.6 Å². The zero-order chi connectivity index (χ0) is 9.99. The van der Waals surface area contributed by atoms with E-state index >= 15 is 0 Å². The Morgan fingerprint density at radius 1 is 1.42 bits per heavy atom. The van der Waals surface area contributed by atoms with Crippen molar-refractivity contribution in [1.82, 2.24) is 0 Å². The number of aliphatic hydroxyl groups excluding tert-OH is 1. The molecule has 0 amide bonds. The van der Waals surface area contributed by atoms with E-state index in [1.165, 1.54) is 0 Å². The van der Waals surface area contributed by atoms with Gasteiger partial charge in [0.05, 0.1) is 12.0 Å². The van der Waals surface area contributed by atoms with E-state index in [-0.39, 0.29) is 12.0 Å². The Balaban J connectivity index is 4.97. The second-order valence-electron chi connectivity index (χ2n) is 4.12. The Morgan fingerprint density at radius 3 is 1.83 bits per heavy atom. The molecule has 0 aliphatic rings. The first-order valence-electron chi connectivity index (χ1n) is 4.12. The predicted molar refractivity (Wildman–Crippen MR) is 50.1 cm³/mol. The average molecular weight is 193 g/mol. The third kappa shape index (κ3) is 1.80. The molecule has 0 rings (SSSR count). The molecule has 0 saturated carbocycles. The minimum Gasteiger partial charge on any atom is -0.395 e. The molecule has 0 saturated heterocycles. The molecule has 0 radical (unpaired) electrons. The second kappa shape index (κ2) is 3.75. The quantitative estimate of drug-likeness (QED) is 0.697. The summed E-state index contributed by atoms with van der Waals surface area (Å²) in [6, 6.07) is 0. The lowest BCUT2D eigenvalue weighted by atomic mass is 9.66. The molecule has 1 unspecified atom stereocenters. The van der Waals surface area contributed by atoms with Crippen LogP contribution in [0.3, 0.4) is 0 Å². The molecule has 1 N–H and O–H groups in total. The topological polar surface area (TPSA) is 37.3 Å². The minimum atomic E-state index is -0.797. The van der Waals surface area contributed by atoms with Gasteiger partial charge in [0.2, 0.25) is 5.24 Å². The highest BCUT2D eigenvalue weighted by molar-refractivity contribution is 6.64. The smallest absolute Gasteiger partial charge is 0.230 e. The Bertz CT molecular complexity index is 166. The molecule has 1 atom stereocenters. The molecule has 72 valence electrons. The van der Waals surface area contributed by atoms with Crippen molar-refractivity contribution in [3.63, 3.8) is 0 Å². The number of rotatable bonds is 3. The van der Waals surface area contributed by atoms with Gasteiger partial charge < -0.3 is 5.11 Å². The molecule has 0 aromatic carbocycles. The van der Waals surface area contributed by atoms with Crippen molar-refractivity contribution < 1.29 is 9.90 Å². The molecule has 0 heterocycles. The summed E-state index contributed by atoms with van der Waals surface area (Å²) in [7, 11) is 0. The lowest BCUT2D eigenvalue weighted by Crippen LogP contribution is -2.43. The van der Waals surface area contributed by atoms with Crippen LogP contribution in [-0.4, -0.2) is 17.0 Å². The molecule has 2 nitrogen and oxygen atoms in total. The maximum Gasteiger partial charge on any atom is 0.230 e. The molecule has 0 spiro atoms. The molecule has 0 aliphatic heterocycles. The number of hydrogen-bond acceptors (Lipinski definition) is 2. The van der Waals surface area contributed by atoms with Crippen molar-refractivity contribution in [2.75, 3.05) is 6.61 Å². The summed E-state index contributed by atoms with van der Waals surface area (Å²) >= 11 is 5.49. The van der Waals surface area contributed by atoms with Crippen molar-refractivity contribution in [1.29, 1.82) is 0 Å². The maximum atomic E-state index is 11.2. The van der Waals surface area contributed by atoms with Crippen molar-refractivity contribution in [2.45, 2.75) is 34.1 Å². The number of hydrogen-bond donors (Lipinski definition) is 1. The van der Waals surface area contributed by atoms with E-state index in [0.717, 1.165) is 0 Å². The van der Waals surface area contributed by atoms with Crippen LogP contribution in [0, 0.1) is 10.8 Å². The van der Waals surface area contributed by atoms with Crippen LogP contribution in [0.25, 0.3) is 0 Å². The molecule has 0 aliphatic carbocycles. The van der Waals surface area contributed by atoms with Crippen LogP contribution >= 0.6 is 11.6 Å². The van der Waals surface area contributed by atoms with Crippen LogP contribution in [0.5, 0.6) is 0 Å². The van der Waals surface area contributed by atoms with Crippen LogP contribution in [0.4, 0.5) is 0 Å². The summed E-state index contributed by atoms with van der Waals surface area (Å²) in [5.41, 5.74) is -1.09. The standard InChI is InChI=1S/C9H17ClO2/c1-5-9(6-11,7(10)12)8(2,3)4/h11H,5-6H2,1-4H3. The maximum absolute atomic E-state index is 11.2. The highest BCUT2D eigenvalue weighted by Gasteiger charge is 2.45. The van der Waals surface area contributed by atoms with Crippen molar-refractivity contribution in [3.8, 4) is 0 Å². The zero-order valence-corrected chi connectivity index (χ0v) is 8.90. The molecule has 0 fully saturated rings. The Kier molecular flexibility index (Phi) is 3.73. The Morgan fingerprint density at radius 2 is 1.83 bits per heavy atom. The van der Waals surface area contributed by atoms with E-state index in [0.29, 0.717) is 6.42 Å². The normalized spacial score (nSPS) is 17.2. The molecular formula is C9H17ClO2. The van der Waals surface area contributed by atoms with E-state index in [1.54, 1.807) is 0 Å². The van der Waals surface area contributed by atoms with E-state index < -0.39 is 10.7 Å². The molecule has 3 heteroatoms. The fourth-order valence-corrected chi connectivity index (χ4v) is 1.85. The van der Waals surface area contributed by atoms with Crippen LogP contribution in [0.15, 0.2) is 0 Å². The average Bonchev–Trinajstić information content (AvgIpc) is 1.87. The molecular weight excluding hydrogens is 176 g/mol. The van der Waals surface area contributed by atoms with Crippen molar-refractivity contribution >= 4 is 16.8 Å². The van der Waals surface area contributed by atoms with Crippen molar-refractivity contribution in [3.05, 3.63) is 0 Å². The Hall–Kier alpha value is -0.0800. The van der Waals surface area contributed by atoms with Crippen LogP contribution in [0.2, 0.25) is 0 Å². The minimum absolute atomic E-state index is 0.185. The number of carbonyl (C=O) groups excluding carboxylic acids is 1. The molecule has 0 aromatic rings. The highest BCUT2D eigenvalue weighted by Crippen LogP contribution is 2.42. The fraction of sp³-hybridized carbons (Fsp3) is 0.889. The number of aliphatic hydroxyl groups is 1. The molecule has 0 aromatic heterocycles. The second-order valence-corrected chi connectivity index (χ2v) is 4.46. The summed E-state index contributed by atoms with van der Waals surface area (Å²) in [6.45, 7) is 7.41. The van der Waals surface area contributed by atoms with E-state index in [2.05, 4.69) is 0 Å². The third-order valence-electron chi connectivity index (χ3n) is 2.69.